The highest BCUT2D eigenvalue weighted by molar-refractivity contribution is 7.97. The molecule has 0 spiro atoms. The van der Waals surface area contributed by atoms with Crippen molar-refractivity contribution in [3.63, 3.8) is 0 Å². The molecule has 1 amide bonds. The molecule has 1 heterocycles. The van der Waals surface area contributed by atoms with Gasteiger partial charge in [-0.3, -0.25) is 14.9 Å². The van der Waals surface area contributed by atoms with Crippen LogP contribution in [-0.4, -0.2) is 41.4 Å². The maximum Gasteiger partial charge on any atom is 0.279 e. The van der Waals surface area contributed by atoms with E-state index in [0.29, 0.717) is 35.1 Å². The molecule has 0 atom stereocenters. The second-order valence-corrected chi connectivity index (χ2v) is 9.17. The third kappa shape index (κ3) is 5.72. The summed E-state index contributed by atoms with van der Waals surface area (Å²) in [7, 11) is 0. The quantitative estimate of drug-likeness (QED) is 0.270. The second-order valence-electron chi connectivity index (χ2n) is 7.56. The van der Waals surface area contributed by atoms with Crippen LogP contribution in [0.2, 0.25) is 5.02 Å². The smallest absolute Gasteiger partial charge is 0.279 e. The van der Waals surface area contributed by atoms with Crippen LogP contribution in [0.4, 0.5) is 11.4 Å². The number of anilines is 1. The summed E-state index contributed by atoms with van der Waals surface area (Å²) in [5.74, 6) is -0.367. The lowest BCUT2D eigenvalue weighted by Gasteiger charge is -2.25. The Labute approximate surface area is 201 Å². The number of rotatable bonds is 6. The van der Waals surface area contributed by atoms with Gasteiger partial charge in [-0.05, 0) is 78.5 Å². The zero-order valence-corrected chi connectivity index (χ0v) is 19.5. The van der Waals surface area contributed by atoms with Gasteiger partial charge in [-0.2, -0.15) is 0 Å². The zero-order valence-electron chi connectivity index (χ0n) is 17.9. The molecule has 33 heavy (non-hydrogen) atoms. The first-order valence-electron chi connectivity index (χ1n) is 10.4. The van der Waals surface area contributed by atoms with Gasteiger partial charge in [0.15, 0.2) is 0 Å². The Balaban J connectivity index is 1.61. The number of benzene rings is 3. The maximum atomic E-state index is 12.5. The summed E-state index contributed by atoms with van der Waals surface area (Å²) < 4.78 is 7.62. The topological polar surface area (TPSA) is 84.7 Å². The van der Waals surface area contributed by atoms with E-state index < -0.39 is 4.92 Å². The fourth-order valence-corrected chi connectivity index (χ4v) is 4.58. The number of amides is 1. The summed E-state index contributed by atoms with van der Waals surface area (Å²) in [6.45, 7) is 4.98. The van der Waals surface area contributed by atoms with Crippen LogP contribution in [0, 0.1) is 17.0 Å². The van der Waals surface area contributed by atoms with Gasteiger partial charge in [0.2, 0.25) is 0 Å². The average molecular weight is 484 g/mol. The molecule has 0 bridgehead atoms. The van der Waals surface area contributed by atoms with E-state index in [2.05, 4.69) is 9.62 Å². The van der Waals surface area contributed by atoms with Crippen LogP contribution in [0.15, 0.2) is 65.6 Å². The van der Waals surface area contributed by atoms with Crippen LogP contribution in [0.3, 0.4) is 0 Å². The van der Waals surface area contributed by atoms with Crippen molar-refractivity contribution in [3.8, 4) is 11.1 Å². The number of nitrogens with one attached hydrogen (secondary N) is 1. The number of ether oxygens (including phenoxy) is 1. The van der Waals surface area contributed by atoms with Gasteiger partial charge in [-0.15, -0.1) is 0 Å². The third-order valence-electron chi connectivity index (χ3n) is 5.26. The van der Waals surface area contributed by atoms with E-state index in [1.165, 1.54) is 6.07 Å². The predicted octanol–water partition coefficient (Wildman–Crippen LogP) is 5.82. The van der Waals surface area contributed by atoms with E-state index in [1.54, 1.807) is 48.3 Å². The highest BCUT2D eigenvalue weighted by Gasteiger charge is 2.20. The van der Waals surface area contributed by atoms with Crippen LogP contribution < -0.4 is 5.32 Å². The molecule has 4 rings (SSSR count). The normalized spacial score (nSPS) is 14.1. The molecular weight excluding hydrogens is 462 g/mol. The van der Waals surface area contributed by atoms with E-state index in [9.17, 15) is 14.9 Å². The van der Waals surface area contributed by atoms with Crippen molar-refractivity contribution in [3.05, 3.63) is 86.9 Å². The predicted molar refractivity (Wildman–Crippen MR) is 131 cm³/mol. The van der Waals surface area contributed by atoms with Gasteiger partial charge < -0.3 is 10.1 Å². The number of halogens is 1. The van der Waals surface area contributed by atoms with E-state index in [4.69, 9.17) is 16.3 Å². The van der Waals surface area contributed by atoms with E-state index >= 15 is 0 Å². The van der Waals surface area contributed by atoms with Gasteiger partial charge in [0, 0.05) is 40.3 Å². The molecule has 3 aromatic carbocycles. The molecule has 1 saturated heterocycles. The first-order chi connectivity index (χ1) is 15.9. The molecule has 7 nitrogen and oxygen atoms in total. The maximum absolute atomic E-state index is 12.5. The van der Waals surface area contributed by atoms with Crippen LogP contribution in [0.1, 0.15) is 15.9 Å². The molecule has 1 aliphatic heterocycles. The highest BCUT2D eigenvalue weighted by Crippen LogP contribution is 2.37. The molecule has 0 radical (unpaired) electrons. The average Bonchev–Trinajstić information content (AvgIpc) is 2.81. The lowest BCUT2D eigenvalue weighted by molar-refractivity contribution is -0.384. The van der Waals surface area contributed by atoms with Gasteiger partial charge in [0.25, 0.3) is 11.6 Å². The van der Waals surface area contributed by atoms with Crippen LogP contribution in [0.25, 0.3) is 11.1 Å². The standard InChI is InChI=1S/C24H22ClN3O4S/c1-16-2-8-20(33-27-10-12-32-13-11-27)15-22(16)21-9-7-19(14-23(21)28(30)31)26-24(29)17-3-5-18(25)6-4-17/h2-9,14-15H,10-13H2,1H3,(H,26,29). The first-order valence-corrected chi connectivity index (χ1v) is 11.5. The molecule has 0 aliphatic carbocycles. The molecule has 0 unspecified atom stereocenters. The Hall–Kier alpha value is -2.91. The molecule has 1 aliphatic rings. The fourth-order valence-electron chi connectivity index (χ4n) is 3.53. The van der Waals surface area contributed by atoms with Crippen molar-refractivity contribution in [2.45, 2.75) is 11.8 Å². The molecular formula is C24H22ClN3O4S. The number of carbonyl (C=O) groups is 1. The zero-order chi connectivity index (χ0) is 23.4. The number of aryl methyl sites for hydroxylation is 1. The second kappa shape index (κ2) is 10.4. The third-order valence-corrected chi connectivity index (χ3v) is 6.60. The summed E-state index contributed by atoms with van der Waals surface area (Å²) in [4.78, 5) is 25.0. The summed E-state index contributed by atoms with van der Waals surface area (Å²) in [6.07, 6.45) is 0. The van der Waals surface area contributed by atoms with Crippen LogP contribution >= 0.6 is 23.5 Å². The number of morpholine rings is 1. The molecule has 170 valence electrons. The van der Waals surface area contributed by atoms with Gasteiger partial charge in [-0.1, -0.05) is 17.7 Å². The monoisotopic (exact) mass is 483 g/mol. The largest absolute Gasteiger partial charge is 0.379 e. The van der Waals surface area contributed by atoms with E-state index in [1.807, 2.05) is 25.1 Å². The van der Waals surface area contributed by atoms with Crippen molar-refractivity contribution in [2.24, 2.45) is 0 Å². The molecule has 9 heteroatoms. The fraction of sp³-hybridized carbons (Fsp3) is 0.208. The van der Waals surface area contributed by atoms with Crippen molar-refractivity contribution in [2.75, 3.05) is 31.6 Å². The number of carbonyl (C=O) groups excluding carboxylic acids is 1. The number of nitro groups is 1. The van der Waals surface area contributed by atoms with Crippen molar-refractivity contribution < 1.29 is 14.5 Å². The van der Waals surface area contributed by atoms with Crippen LogP contribution in [-0.2, 0) is 4.74 Å². The van der Waals surface area contributed by atoms with Gasteiger partial charge in [0.05, 0.1) is 23.7 Å². The molecule has 3 aromatic rings. The molecule has 1 N–H and O–H groups in total. The van der Waals surface area contributed by atoms with E-state index in [-0.39, 0.29) is 11.6 Å². The lowest BCUT2D eigenvalue weighted by atomic mass is 9.98. The van der Waals surface area contributed by atoms with Crippen molar-refractivity contribution >= 4 is 40.8 Å². The van der Waals surface area contributed by atoms with E-state index in [0.717, 1.165) is 29.1 Å². The van der Waals surface area contributed by atoms with Gasteiger partial charge >= 0.3 is 0 Å². The lowest BCUT2D eigenvalue weighted by Crippen LogP contribution is -2.30. The van der Waals surface area contributed by atoms with Crippen molar-refractivity contribution in [1.82, 2.24) is 4.31 Å². The molecule has 0 aromatic heterocycles. The summed E-state index contributed by atoms with van der Waals surface area (Å²) in [5, 5.41) is 15.2. The Morgan fingerprint density at radius 2 is 1.79 bits per heavy atom. The summed E-state index contributed by atoms with van der Waals surface area (Å²) in [6, 6.07) is 17.2. The summed E-state index contributed by atoms with van der Waals surface area (Å²) in [5.41, 5.74) is 2.92. The number of nitrogens with zero attached hydrogens (tertiary/aromatic N) is 2. The number of nitro benzene ring substituents is 1. The Morgan fingerprint density at radius 3 is 2.48 bits per heavy atom. The molecule has 0 saturated carbocycles. The van der Waals surface area contributed by atoms with Crippen LogP contribution in [0.5, 0.6) is 0 Å². The van der Waals surface area contributed by atoms with Crippen molar-refractivity contribution in [1.29, 1.82) is 0 Å². The Bertz CT molecular complexity index is 1180. The Morgan fingerprint density at radius 1 is 1.06 bits per heavy atom. The van der Waals surface area contributed by atoms with Gasteiger partial charge in [-0.25, -0.2) is 4.31 Å². The summed E-state index contributed by atoms with van der Waals surface area (Å²) >= 11 is 7.49. The number of hydrogen-bond acceptors (Lipinski definition) is 6. The van der Waals surface area contributed by atoms with Gasteiger partial charge in [0.1, 0.15) is 0 Å². The Kier molecular flexibility index (Phi) is 7.29. The highest BCUT2D eigenvalue weighted by atomic mass is 35.5. The minimum Gasteiger partial charge on any atom is -0.379 e. The molecule has 1 fully saturated rings. The first kappa shape index (κ1) is 23.3. The SMILES string of the molecule is Cc1ccc(SN2CCOCC2)cc1-c1ccc(NC(=O)c2ccc(Cl)cc2)cc1[N+](=O)[O-]. The number of hydrogen-bond donors (Lipinski definition) is 1. The minimum atomic E-state index is -0.422. The minimum absolute atomic E-state index is 0.0690.